The van der Waals surface area contributed by atoms with Gasteiger partial charge in [-0.15, -0.1) is 0 Å². The minimum absolute atomic E-state index is 0.0662. The maximum atomic E-state index is 13.1. The largest absolute Gasteiger partial charge is 0.464 e. The van der Waals surface area contributed by atoms with Crippen molar-refractivity contribution < 1.29 is 9.21 Å². The number of benzene rings is 1. The predicted octanol–water partition coefficient (Wildman–Crippen LogP) is 3.82. The molecule has 2 aliphatic rings. The van der Waals surface area contributed by atoms with Gasteiger partial charge in [-0.05, 0) is 43.4 Å². The van der Waals surface area contributed by atoms with Crippen molar-refractivity contribution in [2.75, 3.05) is 0 Å². The molecule has 2 atom stereocenters. The highest BCUT2D eigenvalue weighted by molar-refractivity contribution is 5.76. The zero-order valence-electron chi connectivity index (χ0n) is 17.0. The molecule has 2 saturated carbocycles. The lowest BCUT2D eigenvalue weighted by atomic mass is 10.1. The van der Waals surface area contributed by atoms with Crippen molar-refractivity contribution >= 4 is 5.91 Å². The average Bonchev–Trinajstić information content (AvgIpc) is 3.68. The van der Waals surface area contributed by atoms with Gasteiger partial charge in [0, 0.05) is 23.6 Å². The van der Waals surface area contributed by atoms with E-state index < -0.39 is 0 Å². The molecule has 3 aromatic rings. The maximum Gasteiger partial charge on any atom is 0.267 e. The Labute approximate surface area is 175 Å². The summed E-state index contributed by atoms with van der Waals surface area (Å²) in [5.74, 6) is 2.93. The van der Waals surface area contributed by atoms with Gasteiger partial charge in [-0.1, -0.05) is 37.3 Å². The number of carbonyl (C=O) groups is 1. The molecule has 6 nitrogen and oxygen atoms in total. The molecule has 2 heterocycles. The first kappa shape index (κ1) is 18.9. The second-order valence-corrected chi connectivity index (χ2v) is 8.46. The monoisotopic (exact) mass is 403 g/mol. The summed E-state index contributed by atoms with van der Waals surface area (Å²) in [5.41, 5.74) is 1.31. The Hall–Kier alpha value is -3.15. The number of carbonyl (C=O) groups excluding carboxylic acids is 1. The first-order valence-electron chi connectivity index (χ1n) is 10.6. The Kier molecular flexibility index (Phi) is 4.77. The first-order chi connectivity index (χ1) is 14.6. The van der Waals surface area contributed by atoms with Gasteiger partial charge in [-0.3, -0.25) is 9.59 Å². The van der Waals surface area contributed by atoms with Crippen molar-refractivity contribution in [3.8, 4) is 11.3 Å². The molecule has 6 heteroatoms. The van der Waals surface area contributed by atoms with E-state index >= 15 is 0 Å². The number of nitrogens with zero attached hydrogens (tertiary/aromatic N) is 3. The standard InChI is InChI=1S/C24H25N3O3/c1-16-13-20(16)22-11-9-19(30-22)14-26(18-7-8-18)24(29)15-27-23(28)12-10-21(25-27)17-5-3-2-4-6-17/h2-6,9-12,16,18,20H,7-8,13-15H2,1H3. The minimum Gasteiger partial charge on any atom is -0.464 e. The summed E-state index contributed by atoms with van der Waals surface area (Å²) < 4.78 is 7.27. The summed E-state index contributed by atoms with van der Waals surface area (Å²) in [6, 6.07) is 17.0. The summed E-state index contributed by atoms with van der Waals surface area (Å²) in [5, 5.41) is 4.43. The van der Waals surface area contributed by atoms with Gasteiger partial charge in [0.2, 0.25) is 5.91 Å². The van der Waals surface area contributed by atoms with Gasteiger partial charge in [0.05, 0.1) is 12.2 Å². The topological polar surface area (TPSA) is 68.3 Å². The van der Waals surface area contributed by atoms with Crippen LogP contribution in [0.4, 0.5) is 0 Å². The number of hydrogen-bond donors (Lipinski definition) is 0. The molecule has 0 bridgehead atoms. The second kappa shape index (κ2) is 7.59. The maximum absolute atomic E-state index is 13.1. The molecule has 30 heavy (non-hydrogen) atoms. The highest BCUT2D eigenvalue weighted by Gasteiger charge is 2.37. The third-order valence-corrected chi connectivity index (χ3v) is 6.01. The molecule has 0 aliphatic heterocycles. The number of hydrogen-bond acceptors (Lipinski definition) is 4. The summed E-state index contributed by atoms with van der Waals surface area (Å²) in [6.45, 7) is 2.60. The fraction of sp³-hybridized carbons (Fsp3) is 0.375. The van der Waals surface area contributed by atoms with Gasteiger partial charge in [0.15, 0.2) is 0 Å². The molecule has 1 aromatic carbocycles. The van der Waals surface area contributed by atoms with E-state index in [1.54, 1.807) is 6.07 Å². The number of aromatic nitrogens is 2. The van der Waals surface area contributed by atoms with Crippen LogP contribution >= 0.6 is 0 Å². The van der Waals surface area contributed by atoms with Crippen molar-refractivity contribution in [2.24, 2.45) is 5.92 Å². The lowest BCUT2D eigenvalue weighted by Crippen LogP contribution is -2.38. The van der Waals surface area contributed by atoms with Gasteiger partial charge in [-0.25, -0.2) is 4.68 Å². The summed E-state index contributed by atoms with van der Waals surface area (Å²) in [6.07, 6.45) is 3.15. The van der Waals surface area contributed by atoms with Crippen molar-refractivity contribution in [2.45, 2.75) is 51.2 Å². The summed E-state index contributed by atoms with van der Waals surface area (Å²) in [7, 11) is 0. The van der Waals surface area contributed by atoms with Crippen LogP contribution in [0.3, 0.4) is 0 Å². The molecule has 2 unspecified atom stereocenters. The minimum atomic E-state index is -0.276. The lowest BCUT2D eigenvalue weighted by molar-refractivity contribution is -0.133. The summed E-state index contributed by atoms with van der Waals surface area (Å²) in [4.78, 5) is 27.3. The number of amides is 1. The zero-order valence-corrected chi connectivity index (χ0v) is 17.0. The van der Waals surface area contributed by atoms with Crippen LogP contribution in [-0.4, -0.2) is 26.6 Å². The van der Waals surface area contributed by atoms with Gasteiger partial charge < -0.3 is 9.32 Å². The van der Waals surface area contributed by atoms with Crippen LogP contribution in [0.5, 0.6) is 0 Å². The van der Waals surface area contributed by atoms with Crippen LogP contribution in [0, 0.1) is 5.92 Å². The smallest absolute Gasteiger partial charge is 0.267 e. The van der Waals surface area contributed by atoms with E-state index in [1.807, 2.05) is 47.4 Å². The van der Waals surface area contributed by atoms with E-state index in [4.69, 9.17) is 4.42 Å². The fourth-order valence-electron chi connectivity index (χ4n) is 3.92. The number of furan rings is 1. The highest BCUT2D eigenvalue weighted by Crippen LogP contribution is 2.47. The van der Waals surface area contributed by atoms with E-state index in [2.05, 4.69) is 12.0 Å². The molecule has 0 saturated heterocycles. The summed E-state index contributed by atoms with van der Waals surface area (Å²) >= 11 is 0. The first-order valence-corrected chi connectivity index (χ1v) is 10.6. The van der Waals surface area contributed by atoms with Crippen molar-refractivity contribution in [3.63, 3.8) is 0 Å². The van der Waals surface area contributed by atoms with Crippen LogP contribution in [0.15, 0.2) is 63.8 Å². The molecule has 5 rings (SSSR count). The zero-order chi connectivity index (χ0) is 20.7. The van der Waals surface area contributed by atoms with Crippen LogP contribution < -0.4 is 5.56 Å². The SMILES string of the molecule is CC1CC1c1ccc(CN(C(=O)Cn2nc(-c3ccccc3)ccc2=O)C2CC2)o1. The molecule has 1 amide bonds. The molecular weight excluding hydrogens is 378 g/mol. The van der Waals surface area contributed by atoms with E-state index in [1.165, 1.54) is 17.2 Å². The highest BCUT2D eigenvalue weighted by atomic mass is 16.3. The van der Waals surface area contributed by atoms with Crippen molar-refractivity contribution in [3.05, 3.63) is 76.5 Å². The van der Waals surface area contributed by atoms with Crippen LogP contribution in [0.25, 0.3) is 11.3 Å². The third-order valence-electron chi connectivity index (χ3n) is 6.01. The third kappa shape index (κ3) is 3.95. The fourth-order valence-corrected chi connectivity index (χ4v) is 3.92. The molecule has 0 spiro atoms. The average molecular weight is 403 g/mol. The normalized spacial score (nSPS) is 20.2. The van der Waals surface area contributed by atoms with E-state index in [0.717, 1.165) is 29.9 Å². The quantitative estimate of drug-likeness (QED) is 0.601. The van der Waals surface area contributed by atoms with E-state index in [-0.39, 0.29) is 24.1 Å². The Bertz CT molecular complexity index is 1110. The van der Waals surface area contributed by atoms with Crippen LogP contribution in [-0.2, 0) is 17.9 Å². The Morgan fingerprint density at radius 2 is 1.90 bits per heavy atom. The van der Waals surface area contributed by atoms with E-state index in [9.17, 15) is 9.59 Å². The molecule has 0 N–H and O–H groups in total. The van der Waals surface area contributed by atoms with Gasteiger partial charge in [0.1, 0.15) is 18.1 Å². The van der Waals surface area contributed by atoms with Gasteiger partial charge >= 0.3 is 0 Å². The molecule has 2 aliphatic carbocycles. The molecule has 2 aromatic heterocycles. The molecule has 0 radical (unpaired) electrons. The van der Waals surface area contributed by atoms with E-state index in [0.29, 0.717) is 24.1 Å². The number of rotatable bonds is 7. The van der Waals surface area contributed by atoms with Gasteiger partial charge in [-0.2, -0.15) is 5.10 Å². The van der Waals surface area contributed by atoms with Crippen molar-refractivity contribution in [1.29, 1.82) is 0 Å². The second-order valence-electron chi connectivity index (χ2n) is 8.46. The van der Waals surface area contributed by atoms with Crippen LogP contribution in [0.2, 0.25) is 0 Å². The van der Waals surface area contributed by atoms with Gasteiger partial charge in [0.25, 0.3) is 5.56 Å². The van der Waals surface area contributed by atoms with Crippen LogP contribution in [0.1, 0.15) is 43.6 Å². The lowest BCUT2D eigenvalue weighted by Gasteiger charge is -2.21. The Morgan fingerprint density at radius 1 is 1.13 bits per heavy atom. The molecule has 154 valence electrons. The molecule has 2 fully saturated rings. The van der Waals surface area contributed by atoms with Crippen molar-refractivity contribution in [1.82, 2.24) is 14.7 Å². The Balaban J connectivity index is 1.33. The predicted molar refractivity (Wildman–Crippen MR) is 113 cm³/mol. The Morgan fingerprint density at radius 3 is 2.60 bits per heavy atom. The molecular formula is C24H25N3O3.